The molecule has 2 aromatic rings. The molecule has 1 heterocycles. The zero-order chi connectivity index (χ0) is 17.0. The molecule has 23 heavy (non-hydrogen) atoms. The molecule has 6 heteroatoms. The van der Waals surface area contributed by atoms with Crippen LogP contribution < -0.4 is 10.9 Å². The van der Waals surface area contributed by atoms with Crippen LogP contribution >= 0.6 is 0 Å². The number of benzene rings is 1. The lowest BCUT2D eigenvalue weighted by Gasteiger charge is -2.09. The highest BCUT2D eigenvalue weighted by atomic mass is 16.5. The van der Waals surface area contributed by atoms with E-state index >= 15 is 0 Å². The van der Waals surface area contributed by atoms with E-state index in [1.54, 1.807) is 6.07 Å². The standard InChI is InChI=1S/C17H21N3O3/c1-10-5-6-14(11(2)9-10)17(22)19-18-16(21)8-7-15-12(3)20-23-13(15)4/h5-6,9H,7-8H2,1-4H3,(H,18,21)(H,19,22). The molecule has 0 fully saturated rings. The predicted octanol–water partition coefficient (Wildman–Crippen LogP) is 2.30. The van der Waals surface area contributed by atoms with E-state index in [1.807, 2.05) is 39.8 Å². The first-order valence-corrected chi connectivity index (χ1v) is 7.46. The number of nitrogens with one attached hydrogen (secondary N) is 2. The van der Waals surface area contributed by atoms with E-state index in [4.69, 9.17) is 4.52 Å². The number of nitrogens with zero attached hydrogens (tertiary/aromatic N) is 1. The van der Waals surface area contributed by atoms with Gasteiger partial charge in [0.2, 0.25) is 5.91 Å². The third kappa shape index (κ3) is 4.18. The molecule has 0 radical (unpaired) electrons. The van der Waals surface area contributed by atoms with Crippen LogP contribution in [0.1, 0.15) is 44.9 Å². The molecule has 0 saturated heterocycles. The van der Waals surface area contributed by atoms with Crippen LogP contribution in [-0.2, 0) is 11.2 Å². The number of carbonyl (C=O) groups excluding carboxylic acids is 2. The van der Waals surface area contributed by atoms with Crippen LogP contribution in [0.4, 0.5) is 0 Å². The Morgan fingerprint density at radius 2 is 1.87 bits per heavy atom. The second-order valence-corrected chi connectivity index (χ2v) is 5.62. The molecule has 0 atom stereocenters. The molecule has 1 aromatic carbocycles. The molecule has 0 aliphatic carbocycles. The van der Waals surface area contributed by atoms with Gasteiger partial charge in [-0.2, -0.15) is 0 Å². The summed E-state index contributed by atoms with van der Waals surface area (Å²) in [5, 5.41) is 3.85. The summed E-state index contributed by atoms with van der Waals surface area (Å²) in [7, 11) is 0. The Morgan fingerprint density at radius 1 is 1.13 bits per heavy atom. The van der Waals surface area contributed by atoms with Gasteiger partial charge in [0.15, 0.2) is 0 Å². The maximum absolute atomic E-state index is 12.1. The molecular formula is C17H21N3O3. The number of carbonyl (C=O) groups is 2. The molecule has 2 amide bonds. The molecule has 0 aliphatic heterocycles. The van der Waals surface area contributed by atoms with Gasteiger partial charge in [-0.15, -0.1) is 0 Å². The molecule has 1 aromatic heterocycles. The van der Waals surface area contributed by atoms with Crippen molar-refractivity contribution in [3.05, 3.63) is 51.9 Å². The van der Waals surface area contributed by atoms with Crippen molar-refractivity contribution in [3.8, 4) is 0 Å². The van der Waals surface area contributed by atoms with E-state index in [1.165, 1.54) is 0 Å². The number of aryl methyl sites for hydroxylation is 4. The van der Waals surface area contributed by atoms with Crippen LogP contribution in [0.2, 0.25) is 0 Å². The van der Waals surface area contributed by atoms with Gasteiger partial charge in [-0.1, -0.05) is 22.9 Å². The van der Waals surface area contributed by atoms with Crippen molar-refractivity contribution in [3.63, 3.8) is 0 Å². The predicted molar refractivity (Wildman–Crippen MR) is 85.8 cm³/mol. The van der Waals surface area contributed by atoms with Gasteiger partial charge < -0.3 is 4.52 Å². The summed E-state index contributed by atoms with van der Waals surface area (Å²) in [5.74, 6) is 0.130. The molecule has 0 spiro atoms. The van der Waals surface area contributed by atoms with Gasteiger partial charge >= 0.3 is 0 Å². The van der Waals surface area contributed by atoms with Gasteiger partial charge in [0.05, 0.1) is 5.69 Å². The molecule has 2 N–H and O–H groups in total. The van der Waals surface area contributed by atoms with Gasteiger partial charge in [-0.25, -0.2) is 0 Å². The second-order valence-electron chi connectivity index (χ2n) is 5.62. The van der Waals surface area contributed by atoms with Crippen molar-refractivity contribution in [2.75, 3.05) is 0 Å². The quantitative estimate of drug-likeness (QED) is 0.848. The van der Waals surface area contributed by atoms with Gasteiger partial charge in [0.25, 0.3) is 5.91 Å². The minimum Gasteiger partial charge on any atom is -0.361 e. The average Bonchev–Trinajstić information content (AvgIpc) is 2.81. The molecule has 2 rings (SSSR count). The summed E-state index contributed by atoms with van der Waals surface area (Å²) in [5.41, 5.74) is 9.09. The van der Waals surface area contributed by atoms with E-state index in [2.05, 4.69) is 16.0 Å². The Bertz CT molecular complexity index is 715. The minimum atomic E-state index is -0.326. The first-order chi connectivity index (χ1) is 10.9. The largest absolute Gasteiger partial charge is 0.361 e. The van der Waals surface area contributed by atoms with Crippen molar-refractivity contribution in [1.82, 2.24) is 16.0 Å². The molecular weight excluding hydrogens is 294 g/mol. The molecule has 0 saturated carbocycles. The highest BCUT2D eigenvalue weighted by molar-refractivity contribution is 5.96. The van der Waals surface area contributed by atoms with E-state index in [-0.39, 0.29) is 18.2 Å². The fourth-order valence-corrected chi connectivity index (χ4v) is 2.42. The molecule has 0 bridgehead atoms. The summed E-state index contributed by atoms with van der Waals surface area (Å²) < 4.78 is 5.05. The summed E-state index contributed by atoms with van der Waals surface area (Å²) in [6.45, 7) is 7.48. The SMILES string of the molecule is Cc1ccc(C(=O)NNC(=O)CCc2c(C)noc2C)c(C)c1. The third-order valence-electron chi connectivity index (χ3n) is 3.73. The third-order valence-corrected chi connectivity index (χ3v) is 3.73. The van der Waals surface area contributed by atoms with E-state index in [9.17, 15) is 9.59 Å². The Balaban J connectivity index is 1.85. The van der Waals surface area contributed by atoms with E-state index in [0.717, 1.165) is 28.1 Å². The topological polar surface area (TPSA) is 84.2 Å². The number of aromatic nitrogens is 1. The minimum absolute atomic E-state index is 0.246. The first-order valence-electron chi connectivity index (χ1n) is 7.46. The van der Waals surface area contributed by atoms with Gasteiger partial charge in [-0.05, 0) is 45.7 Å². The first kappa shape index (κ1) is 16.7. The van der Waals surface area contributed by atoms with Crippen LogP contribution in [0.15, 0.2) is 22.7 Å². The zero-order valence-electron chi connectivity index (χ0n) is 13.8. The fraction of sp³-hybridized carbons (Fsp3) is 0.353. The monoisotopic (exact) mass is 315 g/mol. The molecule has 0 aliphatic rings. The maximum atomic E-state index is 12.1. The van der Waals surface area contributed by atoms with Gasteiger partial charge in [-0.3, -0.25) is 20.4 Å². The van der Waals surface area contributed by atoms with Crippen molar-refractivity contribution in [2.45, 2.75) is 40.5 Å². The van der Waals surface area contributed by atoms with Crippen LogP contribution in [0.25, 0.3) is 0 Å². The second kappa shape index (κ2) is 7.09. The Morgan fingerprint density at radius 3 is 2.48 bits per heavy atom. The normalized spacial score (nSPS) is 10.4. The highest BCUT2D eigenvalue weighted by Gasteiger charge is 2.13. The number of hydrazine groups is 1. The average molecular weight is 315 g/mol. The van der Waals surface area contributed by atoms with Crippen LogP contribution in [0, 0.1) is 27.7 Å². The fourth-order valence-electron chi connectivity index (χ4n) is 2.42. The smallest absolute Gasteiger partial charge is 0.269 e. The summed E-state index contributed by atoms with van der Waals surface area (Å²) in [6, 6.07) is 5.53. The van der Waals surface area contributed by atoms with Gasteiger partial charge in [0.1, 0.15) is 5.76 Å². The van der Waals surface area contributed by atoms with Crippen molar-refractivity contribution < 1.29 is 14.1 Å². The summed E-state index contributed by atoms with van der Waals surface area (Å²) >= 11 is 0. The van der Waals surface area contributed by atoms with E-state index in [0.29, 0.717) is 12.0 Å². The molecule has 6 nitrogen and oxygen atoms in total. The molecule has 0 unspecified atom stereocenters. The Hall–Kier alpha value is -2.63. The number of amides is 2. The Kier molecular flexibility index (Phi) is 5.16. The summed E-state index contributed by atoms with van der Waals surface area (Å²) in [4.78, 5) is 23.9. The van der Waals surface area contributed by atoms with E-state index < -0.39 is 0 Å². The van der Waals surface area contributed by atoms with Crippen molar-refractivity contribution in [2.24, 2.45) is 0 Å². The zero-order valence-corrected chi connectivity index (χ0v) is 13.8. The lowest BCUT2D eigenvalue weighted by Crippen LogP contribution is -2.42. The van der Waals surface area contributed by atoms with Gasteiger partial charge in [0, 0.05) is 17.5 Å². The number of hydrogen-bond acceptors (Lipinski definition) is 4. The highest BCUT2D eigenvalue weighted by Crippen LogP contribution is 2.14. The Labute approximate surface area is 135 Å². The van der Waals surface area contributed by atoms with Crippen molar-refractivity contribution in [1.29, 1.82) is 0 Å². The maximum Gasteiger partial charge on any atom is 0.269 e. The number of hydrogen-bond donors (Lipinski definition) is 2. The number of rotatable bonds is 4. The van der Waals surface area contributed by atoms with Crippen LogP contribution in [0.3, 0.4) is 0 Å². The van der Waals surface area contributed by atoms with Crippen LogP contribution in [-0.4, -0.2) is 17.0 Å². The summed E-state index contributed by atoms with van der Waals surface area (Å²) in [6.07, 6.45) is 0.766. The van der Waals surface area contributed by atoms with Crippen LogP contribution in [0.5, 0.6) is 0 Å². The lowest BCUT2D eigenvalue weighted by molar-refractivity contribution is -0.121. The molecule has 122 valence electrons. The van der Waals surface area contributed by atoms with Crippen molar-refractivity contribution >= 4 is 11.8 Å². The lowest BCUT2D eigenvalue weighted by atomic mass is 10.1.